The van der Waals surface area contributed by atoms with Crippen molar-refractivity contribution < 1.29 is 4.74 Å². The molecule has 164 valence electrons. The predicted molar refractivity (Wildman–Crippen MR) is 122 cm³/mol. The molecule has 0 aliphatic rings. The minimum atomic E-state index is -0.0943. The third kappa shape index (κ3) is 5.33. The molecule has 0 fully saturated rings. The Morgan fingerprint density at radius 3 is 2.66 bits per heavy atom. The van der Waals surface area contributed by atoms with Gasteiger partial charge in [0.25, 0.3) is 0 Å². The number of aryl methyl sites for hydroxylation is 2. The number of ether oxygens (including phenoxy) is 1. The lowest BCUT2D eigenvalue weighted by Gasteiger charge is -2.07. The van der Waals surface area contributed by atoms with Crippen LogP contribution in [-0.4, -0.2) is 42.7 Å². The Kier molecular flexibility index (Phi) is 6.81. The summed E-state index contributed by atoms with van der Waals surface area (Å²) in [5.41, 5.74) is 4.15. The quantitative estimate of drug-likeness (QED) is 0.380. The number of aromatic nitrogens is 6. The monoisotopic (exact) mass is 430 g/mol. The Morgan fingerprint density at radius 1 is 1.06 bits per heavy atom. The van der Waals surface area contributed by atoms with Gasteiger partial charge in [0, 0.05) is 56.9 Å². The van der Waals surface area contributed by atoms with Crippen LogP contribution in [0.4, 0.5) is 0 Å². The molecule has 0 N–H and O–H groups in total. The van der Waals surface area contributed by atoms with Crippen molar-refractivity contribution in [2.75, 3.05) is 13.2 Å². The van der Waals surface area contributed by atoms with E-state index in [2.05, 4.69) is 20.2 Å². The Labute approximate surface area is 186 Å². The van der Waals surface area contributed by atoms with Crippen LogP contribution in [0.1, 0.15) is 30.2 Å². The number of hydrogen-bond acceptors (Lipinski definition) is 6. The lowest BCUT2D eigenvalue weighted by molar-refractivity contribution is 0.145. The third-order valence-corrected chi connectivity index (χ3v) is 5.06. The van der Waals surface area contributed by atoms with Crippen LogP contribution < -0.4 is 5.43 Å². The van der Waals surface area contributed by atoms with Gasteiger partial charge in [-0.1, -0.05) is 18.2 Å². The van der Waals surface area contributed by atoms with Gasteiger partial charge >= 0.3 is 0 Å². The summed E-state index contributed by atoms with van der Waals surface area (Å²) >= 11 is 0. The van der Waals surface area contributed by atoms with E-state index in [4.69, 9.17) is 4.74 Å². The second-order valence-corrected chi connectivity index (χ2v) is 7.54. The fourth-order valence-electron chi connectivity index (χ4n) is 3.41. The molecule has 0 atom stereocenters. The molecule has 4 rings (SSSR count). The lowest BCUT2D eigenvalue weighted by Crippen LogP contribution is -2.16. The molecule has 8 nitrogen and oxygen atoms in total. The molecule has 0 saturated heterocycles. The van der Waals surface area contributed by atoms with Gasteiger partial charge in [-0.15, -0.1) is 0 Å². The minimum absolute atomic E-state index is 0.0943. The summed E-state index contributed by atoms with van der Waals surface area (Å²) in [6, 6.07) is 9.44. The molecule has 3 heterocycles. The molecule has 3 aromatic heterocycles. The van der Waals surface area contributed by atoms with E-state index in [1.807, 2.05) is 56.8 Å². The molecule has 4 aromatic rings. The maximum atomic E-state index is 12.4. The second kappa shape index (κ2) is 10.1. The first kappa shape index (κ1) is 21.6. The SMILES string of the molecule is CCOCCCc1cnc(-c2cccc(Cc3nn(-c4cnn(C)c4)ccc3=O)c2)nc1. The molecule has 0 aliphatic heterocycles. The van der Waals surface area contributed by atoms with Crippen molar-refractivity contribution in [2.24, 2.45) is 7.05 Å². The first-order valence-corrected chi connectivity index (χ1v) is 10.7. The van der Waals surface area contributed by atoms with Crippen LogP contribution >= 0.6 is 0 Å². The number of hydrogen-bond donors (Lipinski definition) is 0. The predicted octanol–water partition coefficient (Wildman–Crippen LogP) is 2.98. The average Bonchev–Trinajstić information content (AvgIpc) is 3.25. The summed E-state index contributed by atoms with van der Waals surface area (Å²) < 4.78 is 8.74. The highest BCUT2D eigenvalue weighted by Crippen LogP contribution is 2.18. The molecule has 1 aromatic carbocycles. The Bertz CT molecular complexity index is 1230. The van der Waals surface area contributed by atoms with E-state index in [0.717, 1.165) is 48.4 Å². The van der Waals surface area contributed by atoms with E-state index in [0.29, 0.717) is 17.9 Å². The molecule has 0 aliphatic carbocycles. The topological polar surface area (TPSA) is 87.7 Å². The largest absolute Gasteiger partial charge is 0.382 e. The summed E-state index contributed by atoms with van der Waals surface area (Å²) in [5.74, 6) is 0.661. The van der Waals surface area contributed by atoms with Crippen LogP contribution in [0, 0.1) is 0 Å². The van der Waals surface area contributed by atoms with Crippen molar-refractivity contribution in [3.05, 3.63) is 88.4 Å². The van der Waals surface area contributed by atoms with Gasteiger partial charge in [0.05, 0.1) is 12.4 Å². The van der Waals surface area contributed by atoms with Crippen LogP contribution in [0.2, 0.25) is 0 Å². The third-order valence-electron chi connectivity index (χ3n) is 5.06. The van der Waals surface area contributed by atoms with Crippen molar-refractivity contribution in [3.63, 3.8) is 0 Å². The van der Waals surface area contributed by atoms with Crippen LogP contribution in [0.5, 0.6) is 0 Å². The van der Waals surface area contributed by atoms with Crippen molar-refractivity contribution in [2.45, 2.75) is 26.2 Å². The zero-order valence-corrected chi connectivity index (χ0v) is 18.3. The van der Waals surface area contributed by atoms with Gasteiger partial charge < -0.3 is 4.74 Å². The minimum Gasteiger partial charge on any atom is -0.382 e. The number of rotatable bonds is 9. The van der Waals surface area contributed by atoms with E-state index in [1.54, 1.807) is 21.8 Å². The molecule has 0 bridgehead atoms. The van der Waals surface area contributed by atoms with Gasteiger partial charge in [-0.25, -0.2) is 14.6 Å². The molecule has 0 unspecified atom stereocenters. The maximum absolute atomic E-state index is 12.4. The lowest BCUT2D eigenvalue weighted by atomic mass is 10.1. The van der Waals surface area contributed by atoms with Crippen molar-refractivity contribution in [3.8, 4) is 17.1 Å². The summed E-state index contributed by atoms with van der Waals surface area (Å²) in [5, 5.41) is 8.68. The Hall–Kier alpha value is -3.65. The van der Waals surface area contributed by atoms with E-state index in [1.165, 1.54) is 6.07 Å². The molecule has 8 heteroatoms. The molecular formula is C24H26N6O2. The van der Waals surface area contributed by atoms with Gasteiger partial charge in [-0.05, 0) is 37.0 Å². The fourth-order valence-corrected chi connectivity index (χ4v) is 3.41. The van der Waals surface area contributed by atoms with E-state index < -0.39 is 0 Å². The summed E-state index contributed by atoms with van der Waals surface area (Å²) in [7, 11) is 1.84. The smallest absolute Gasteiger partial charge is 0.203 e. The van der Waals surface area contributed by atoms with E-state index in [9.17, 15) is 4.79 Å². The van der Waals surface area contributed by atoms with Crippen LogP contribution in [-0.2, 0) is 24.6 Å². The van der Waals surface area contributed by atoms with Gasteiger partial charge in [0.1, 0.15) is 11.4 Å². The molecular weight excluding hydrogens is 404 g/mol. The highest BCUT2D eigenvalue weighted by molar-refractivity contribution is 5.56. The van der Waals surface area contributed by atoms with E-state index in [-0.39, 0.29) is 5.43 Å². The second-order valence-electron chi connectivity index (χ2n) is 7.54. The van der Waals surface area contributed by atoms with Crippen molar-refractivity contribution >= 4 is 0 Å². The molecule has 0 amide bonds. The fraction of sp³-hybridized carbons (Fsp3) is 0.292. The van der Waals surface area contributed by atoms with Gasteiger partial charge in [0.15, 0.2) is 5.82 Å². The Balaban J connectivity index is 1.49. The van der Waals surface area contributed by atoms with Crippen LogP contribution in [0.3, 0.4) is 0 Å². The van der Waals surface area contributed by atoms with Crippen molar-refractivity contribution in [1.29, 1.82) is 0 Å². The highest BCUT2D eigenvalue weighted by Gasteiger charge is 2.09. The van der Waals surface area contributed by atoms with Gasteiger partial charge in [-0.2, -0.15) is 10.2 Å². The van der Waals surface area contributed by atoms with Crippen molar-refractivity contribution in [1.82, 2.24) is 29.5 Å². The summed E-state index contributed by atoms with van der Waals surface area (Å²) in [4.78, 5) is 21.5. The van der Waals surface area contributed by atoms with E-state index >= 15 is 0 Å². The normalized spacial score (nSPS) is 11.1. The highest BCUT2D eigenvalue weighted by atomic mass is 16.5. The van der Waals surface area contributed by atoms with Gasteiger partial charge in [0.2, 0.25) is 5.43 Å². The average molecular weight is 431 g/mol. The maximum Gasteiger partial charge on any atom is 0.203 e. The first-order valence-electron chi connectivity index (χ1n) is 10.7. The number of benzene rings is 1. The summed E-state index contributed by atoms with van der Waals surface area (Å²) in [6.45, 7) is 3.48. The zero-order chi connectivity index (χ0) is 22.3. The molecule has 0 radical (unpaired) electrons. The molecule has 0 spiro atoms. The molecule has 0 saturated carbocycles. The Morgan fingerprint density at radius 2 is 1.91 bits per heavy atom. The van der Waals surface area contributed by atoms with Crippen LogP contribution in [0.25, 0.3) is 17.1 Å². The van der Waals surface area contributed by atoms with Crippen LogP contribution in [0.15, 0.2) is 66.1 Å². The summed E-state index contributed by atoms with van der Waals surface area (Å²) in [6.07, 6.45) is 11.2. The zero-order valence-electron chi connectivity index (χ0n) is 18.3. The first-order chi connectivity index (χ1) is 15.6. The standard InChI is InChI=1S/C24H26N6O2/c1-3-32-11-5-7-19-14-25-24(26-15-19)20-8-4-6-18(12-20)13-22-23(31)9-10-30(28-22)21-16-27-29(2)17-21/h4,6,8-10,12,14-17H,3,5,7,11,13H2,1-2H3. The van der Waals surface area contributed by atoms with Gasteiger partial charge in [-0.3, -0.25) is 9.48 Å². The molecule has 32 heavy (non-hydrogen) atoms. The number of nitrogens with zero attached hydrogens (tertiary/aromatic N) is 6.